The van der Waals surface area contributed by atoms with Crippen LogP contribution in [-0.2, 0) is 28.0 Å². The van der Waals surface area contributed by atoms with E-state index in [1.807, 2.05) is 17.2 Å². The monoisotopic (exact) mass is 386 g/mol. The summed E-state index contributed by atoms with van der Waals surface area (Å²) in [6.07, 6.45) is 5.96. The molecule has 1 spiro atoms. The van der Waals surface area contributed by atoms with Crippen LogP contribution in [0.4, 0.5) is 0 Å². The lowest BCUT2D eigenvalue weighted by molar-refractivity contribution is -0.0962. The summed E-state index contributed by atoms with van der Waals surface area (Å²) in [5.41, 5.74) is 2.65. The Morgan fingerprint density at radius 1 is 1.18 bits per heavy atom. The molecule has 1 amide bonds. The fraction of sp³-hybridized carbons (Fsp3) is 0.600. The minimum Gasteiger partial charge on any atom is -0.467 e. The standard InChI is InChI=1S/C20H26N4O4/c25-19(16-11-17(27-14-16)13-23-6-9-26-10-7-23)24-4-2-20(3-5-24)18-15(1-8-28-20)12-21-22-18/h11-12,14H,1-10,13H2,(H,21,22). The van der Waals surface area contributed by atoms with Gasteiger partial charge in [0.05, 0.1) is 43.8 Å². The number of piperidine rings is 1. The minimum atomic E-state index is -0.321. The van der Waals surface area contributed by atoms with Crippen LogP contribution in [0.5, 0.6) is 0 Å². The zero-order valence-electron chi connectivity index (χ0n) is 16.0. The van der Waals surface area contributed by atoms with Gasteiger partial charge in [-0.15, -0.1) is 0 Å². The van der Waals surface area contributed by atoms with Gasteiger partial charge in [0, 0.05) is 26.2 Å². The maximum atomic E-state index is 12.9. The first-order chi connectivity index (χ1) is 13.7. The molecule has 0 aromatic carbocycles. The van der Waals surface area contributed by atoms with E-state index < -0.39 is 0 Å². The van der Waals surface area contributed by atoms with Gasteiger partial charge < -0.3 is 18.8 Å². The second kappa shape index (κ2) is 7.35. The molecule has 3 aliphatic rings. The van der Waals surface area contributed by atoms with Gasteiger partial charge in [-0.2, -0.15) is 5.10 Å². The quantitative estimate of drug-likeness (QED) is 0.862. The largest absolute Gasteiger partial charge is 0.467 e. The zero-order chi connectivity index (χ0) is 19.0. The van der Waals surface area contributed by atoms with E-state index in [4.69, 9.17) is 13.9 Å². The lowest BCUT2D eigenvalue weighted by atomic mass is 9.83. The number of fused-ring (bicyclic) bond motifs is 2. The van der Waals surface area contributed by atoms with Gasteiger partial charge in [0.1, 0.15) is 17.6 Å². The Labute approximate surface area is 163 Å². The van der Waals surface area contributed by atoms with Crippen LogP contribution in [-0.4, -0.2) is 71.9 Å². The van der Waals surface area contributed by atoms with Crippen molar-refractivity contribution >= 4 is 5.91 Å². The zero-order valence-corrected chi connectivity index (χ0v) is 16.0. The number of H-pyrrole nitrogens is 1. The van der Waals surface area contributed by atoms with E-state index >= 15 is 0 Å². The molecule has 8 nitrogen and oxygen atoms in total. The number of morpholine rings is 1. The third kappa shape index (κ3) is 3.25. The second-order valence-corrected chi connectivity index (χ2v) is 7.85. The highest BCUT2D eigenvalue weighted by molar-refractivity contribution is 5.94. The smallest absolute Gasteiger partial charge is 0.257 e. The topological polar surface area (TPSA) is 83.8 Å². The molecule has 2 fully saturated rings. The summed E-state index contributed by atoms with van der Waals surface area (Å²) in [4.78, 5) is 17.1. The number of nitrogens with zero attached hydrogens (tertiary/aromatic N) is 3. The predicted octanol–water partition coefficient (Wildman–Crippen LogP) is 1.54. The Kier molecular flexibility index (Phi) is 4.70. The summed E-state index contributed by atoms with van der Waals surface area (Å²) in [6, 6.07) is 1.88. The Balaban J connectivity index is 1.22. The van der Waals surface area contributed by atoms with E-state index in [0.29, 0.717) is 25.3 Å². The van der Waals surface area contributed by atoms with Crippen LogP contribution >= 0.6 is 0 Å². The predicted molar refractivity (Wildman–Crippen MR) is 99.9 cm³/mol. The molecule has 8 heteroatoms. The highest BCUT2D eigenvalue weighted by atomic mass is 16.5. The van der Waals surface area contributed by atoms with Crippen LogP contribution in [0.25, 0.3) is 0 Å². The molecule has 0 radical (unpaired) electrons. The number of hydrogen-bond acceptors (Lipinski definition) is 6. The molecule has 2 aromatic heterocycles. The summed E-state index contributed by atoms with van der Waals surface area (Å²) < 4.78 is 17.2. The van der Waals surface area contributed by atoms with Crippen LogP contribution in [0.15, 0.2) is 22.9 Å². The van der Waals surface area contributed by atoms with E-state index in [0.717, 1.165) is 63.6 Å². The maximum absolute atomic E-state index is 12.9. The third-order valence-corrected chi connectivity index (χ3v) is 6.17. The Bertz CT molecular complexity index is 831. The molecule has 5 heterocycles. The van der Waals surface area contributed by atoms with Crippen molar-refractivity contribution in [3.63, 3.8) is 0 Å². The molecular formula is C20H26N4O4. The van der Waals surface area contributed by atoms with E-state index in [2.05, 4.69) is 15.1 Å². The minimum absolute atomic E-state index is 0.0347. The maximum Gasteiger partial charge on any atom is 0.257 e. The van der Waals surface area contributed by atoms with Crippen LogP contribution in [0, 0.1) is 0 Å². The fourth-order valence-electron chi connectivity index (χ4n) is 4.53. The van der Waals surface area contributed by atoms with Gasteiger partial charge in [-0.25, -0.2) is 0 Å². The van der Waals surface area contributed by atoms with Gasteiger partial charge in [-0.3, -0.25) is 14.8 Å². The van der Waals surface area contributed by atoms with Crippen LogP contribution in [0.1, 0.15) is 40.2 Å². The average Bonchev–Trinajstić information content (AvgIpc) is 3.39. The molecule has 0 bridgehead atoms. The number of ether oxygens (including phenoxy) is 2. The van der Waals surface area contributed by atoms with E-state index in [9.17, 15) is 4.79 Å². The molecule has 28 heavy (non-hydrogen) atoms. The molecule has 1 N–H and O–H groups in total. The molecule has 0 aliphatic carbocycles. The van der Waals surface area contributed by atoms with Crippen LogP contribution in [0.3, 0.4) is 0 Å². The van der Waals surface area contributed by atoms with Crippen molar-refractivity contribution in [1.29, 1.82) is 0 Å². The summed E-state index contributed by atoms with van der Waals surface area (Å²) in [6.45, 7) is 6.07. The van der Waals surface area contributed by atoms with Gasteiger partial charge >= 0.3 is 0 Å². The highest BCUT2D eigenvalue weighted by Gasteiger charge is 2.43. The van der Waals surface area contributed by atoms with E-state index in [-0.39, 0.29) is 11.5 Å². The Morgan fingerprint density at radius 3 is 2.82 bits per heavy atom. The van der Waals surface area contributed by atoms with Crippen LogP contribution < -0.4 is 0 Å². The number of furan rings is 1. The number of nitrogens with one attached hydrogen (secondary N) is 1. The van der Waals surface area contributed by atoms with Crippen LogP contribution in [0.2, 0.25) is 0 Å². The lowest BCUT2D eigenvalue weighted by Gasteiger charge is -2.43. The van der Waals surface area contributed by atoms with Gasteiger partial charge in [-0.05, 0) is 30.9 Å². The molecule has 5 rings (SSSR count). The molecular weight excluding hydrogens is 360 g/mol. The summed E-state index contributed by atoms with van der Waals surface area (Å²) >= 11 is 0. The summed E-state index contributed by atoms with van der Waals surface area (Å²) in [7, 11) is 0. The highest BCUT2D eigenvalue weighted by Crippen LogP contribution is 2.40. The number of aromatic amines is 1. The van der Waals surface area contributed by atoms with Gasteiger partial charge in [-0.1, -0.05) is 0 Å². The number of carbonyl (C=O) groups is 1. The number of hydrogen-bond donors (Lipinski definition) is 1. The molecule has 2 saturated heterocycles. The number of amides is 1. The molecule has 0 saturated carbocycles. The van der Waals surface area contributed by atoms with Gasteiger partial charge in [0.15, 0.2) is 0 Å². The number of aromatic nitrogens is 2. The molecule has 0 atom stereocenters. The normalized spacial score (nSPS) is 22.4. The van der Waals surface area contributed by atoms with Gasteiger partial charge in [0.25, 0.3) is 5.91 Å². The Morgan fingerprint density at radius 2 is 2.00 bits per heavy atom. The van der Waals surface area contributed by atoms with E-state index in [1.54, 1.807) is 6.26 Å². The summed E-state index contributed by atoms with van der Waals surface area (Å²) in [5.74, 6) is 0.865. The first-order valence-electron chi connectivity index (χ1n) is 10.1. The number of rotatable bonds is 3. The van der Waals surface area contributed by atoms with Crippen molar-refractivity contribution in [2.75, 3.05) is 46.0 Å². The fourth-order valence-corrected chi connectivity index (χ4v) is 4.53. The first kappa shape index (κ1) is 17.9. The SMILES string of the molecule is O=C(c1coc(CN2CCOCC2)c1)N1CCC2(CC1)OCCc1cn[nH]c12. The van der Waals surface area contributed by atoms with E-state index in [1.165, 1.54) is 5.56 Å². The first-order valence-corrected chi connectivity index (χ1v) is 10.1. The molecule has 150 valence electrons. The molecule has 2 aromatic rings. The van der Waals surface area contributed by atoms with Crippen molar-refractivity contribution in [3.8, 4) is 0 Å². The van der Waals surface area contributed by atoms with Crippen molar-refractivity contribution < 1.29 is 18.7 Å². The number of likely N-dealkylation sites (tertiary alicyclic amines) is 1. The van der Waals surface area contributed by atoms with Crippen molar-refractivity contribution in [3.05, 3.63) is 41.1 Å². The Hall–Kier alpha value is -2.16. The second-order valence-electron chi connectivity index (χ2n) is 7.85. The average molecular weight is 386 g/mol. The van der Waals surface area contributed by atoms with Crippen molar-refractivity contribution in [2.24, 2.45) is 0 Å². The van der Waals surface area contributed by atoms with Crippen molar-refractivity contribution in [2.45, 2.75) is 31.4 Å². The third-order valence-electron chi connectivity index (χ3n) is 6.17. The molecule has 0 unspecified atom stereocenters. The van der Waals surface area contributed by atoms with Crippen molar-refractivity contribution in [1.82, 2.24) is 20.0 Å². The summed E-state index contributed by atoms with van der Waals surface area (Å²) in [5, 5.41) is 7.32. The lowest BCUT2D eigenvalue weighted by Crippen LogP contribution is -2.48. The number of carbonyl (C=O) groups excluding carboxylic acids is 1. The van der Waals surface area contributed by atoms with Gasteiger partial charge in [0.2, 0.25) is 0 Å². The molecule has 3 aliphatic heterocycles.